The van der Waals surface area contributed by atoms with Crippen molar-refractivity contribution < 1.29 is 9.57 Å². The molecule has 0 aromatic carbocycles. The van der Waals surface area contributed by atoms with Crippen LogP contribution in [0.5, 0.6) is 0 Å². The number of hydroxylamine groups is 1. The Hall–Kier alpha value is -0.120. The zero-order valence-corrected chi connectivity index (χ0v) is 6.39. The van der Waals surface area contributed by atoms with E-state index in [2.05, 4.69) is 19.3 Å². The molecule has 2 atom stereocenters. The molecule has 0 amide bonds. The molecule has 3 nitrogen and oxygen atoms in total. The van der Waals surface area contributed by atoms with Gasteiger partial charge >= 0.3 is 0 Å². The predicted octanol–water partition coefficient (Wildman–Crippen LogP) is 0.315. The largest absolute Gasteiger partial charge is 0.379 e. The van der Waals surface area contributed by atoms with Gasteiger partial charge in [-0.1, -0.05) is 0 Å². The second-order valence-corrected chi connectivity index (χ2v) is 3.57. The molecule has 0 unspecified atom stereocenters. The van der Waals surface area contributed by atoms with Gasteiger partial charge in [-0.05, 0) is 13.8 Å². The van der Waals surface area contributed by atoms with Crippen molar-refractivity contribution in [2.24, 2.45) is 5.92 Å². The highest BCUT2D eigenvalue weighted by Gasteiger charge is 2.46. The van der Waals surface area contributed by atoms with Crippen LogP contribution in [0.1, 0.15) is 13.8 Å². The lowest BCUT2D eigenvalue weighted by Crippen LogP contribution is -2.31. The molecule has 58 valence electrons. The molecule has 2 aliphatic heterocycles. The summed E-state index contributed by atoms with van der Waals surface area (Å²) in [6.45, 7) is 5.83. The number of ether oxygens (including phenoxy) is 1. The van der Waals surface area contributed by atoms with Crippen LogP contribution in [0, 0.1) is 5.92 Å². The summed E-state index contributed by atoms with van der Waals surface area (Å²) in [6.07, 6.45) is 0. The van der Waals surface area contributed by atoms with Crippen LogP contribution in [0.2, 0.25) is 0 Å². The number of fused-ring (bicyclic) bond motifs is 1. The van der Waals surface area contributed by atoms with Gasteiger partial charge in [-0.2, -0.15) is 5.48 Å². The Morgan fingerprint density at radius 3 is 2.90 bits per heavy atom. The van der Waals surface area contributed by atoms with Gasteiger partial charge in [-0.15, -0.1) is 0 Å². The number of hydrogen-bond acceptors (Lipinski definition) is 3. The van der Waals surface area contributed by atoms with Gasteiger partial charge in [-0.3, -0.25) is 4.84 Å². The van der Waals surface area contributed by atoms with Gasteiger partial charge in [-0.25, -0.2) is 0 Å². The number of nitrogens with one attached hydrogen (secondary N) is 1. The zero-order chi connectivity index (χ0) is 7.19. The minimum atomic E-state index is -0.0405. The average molecular weight is 143 g/mol. The molecule has 2 rings (SSSR count). The Morgan fingerprint density at radius 1 is 1.40 bits per heavy atom. The molecule has 0 radical (unpaired) electrons. The lowest BCUT2D eigenvalue weighted by Gasteiger charge is -2.20. The van der Waals surface area contributed by atoms with E-state index in [-0.39, 0.29) is 5.60 Å². The van der Waals surface area contributed by atoms with Gasteiger partial charge in [0.05, 0.1) is 24.9 Å². The van der Waals surface area contributed by atoms with Gasteiger partial charge in [0, 0.05) is 5.92 Å². The summed E-state index contributed by atoms with van der Waals surface area (Å²) in [5, 5.41) is 0. The van der Waals surface area contributed by atoms with Crippen LogP contribution < -0.4 is 5.48 Å². The van der Waals surface area contributed by atoms with E-state index in [0.717, 1.165) is 13.2 Å². The lowest BCUT2D eigenvalue weighted by atomic mass is 9.89. The van der Waals surface area contributed by atoms with Crippen molar-refractivity contribution in [3.05, 3.63) is 0 Å². The smallest absolute Gasteiger partial charge is 0.0907 e. The highest BCUT2D eigenvalue weighted by molar-refractivity contribution is 4.94. The van der Waals surface area contributed by atoms with Crippen LogP contribution in [-0.2, 0) is 9.57 Å². The van der Waals surface area contributed by atoms with Crippen molar-refractivity contribution in [1.82, 2.24) is 5.48 Å². The fourth-order valence-corrected chi connectivity index (χ4v) is 1.66. The predicted molar refractivity (Wildman–Crippen MR) is 36.4 cm³/mol. The van der Waals surface area contributed by atoms with Crippen LogP contribution in [0.15, 0.2) is 0 Å². The average Bonchev–Trinajstić information content (AvgIpc) is 2.36. The highest BCUT2D eigenvalue weighted by atomic mass is 16.7. The van der Waals surface area contributed by atoms with Crippen molar-refractivity contribution in [3.8, 4) is 0 Å². The molecule has 3 heteroatoms. The standard InChI is InChI=1S/C7H13NO2/c1-7(2)5-3-9-4-6(5)8-10-7/h5-6,8H,3-4H2,1-2H3/t5-,6+/m1/s1. The molecule has 2 saturated heterocycles. The highest BCUT2D eigenvalue weighted by Crippen LogP contribution is 2.33. The monoisotopic (exact) mass is 143 g/mol. The maximum atomic E-state index is 5.38. The topological polar surface area (TPSA) is 30.5 Å². The van der Waals surface area contributed by atoms with Crippen LogP contribution in [0.25, 0.3) is 0 Å². The molecule has 0 saturated carbocycles. The zero-order valence-electron chi connectivity index (χ0n) is 6.39. The summed E-state index contributed by atoms with van der Waals surface area (Å²) in [5.74, 6) is 0.535. The first-order valence-corrected chi connectivity index (χ1v) is 3.71. The SMILES string of the molecule is CC1(C)ON[C@H]2COC[C@H]21. The molecule has 0 aromatic rings. The quantitative estimate of drug-likeness (QED) is 0.529. The summed E-state index contributed by atoms with van der Waals surface area (Å²) in [7, 11) is 0. The van der Waals surface area contributed by atoms with E-state index in [1.165, 1.54) is 0 Å². The van der Waals surface area contributed by atoms with Crippen molar-refractivity contribution in [2.75, 3.05) is 13.2 Å². The van der Waals surface area contributed by atoms with Gasteiger partial charge in [0.25, 0.3) is 0 Å². The Morgan fingerprint density at radius 2 is 2.20 bits per heavy atom. The first-order chi connectivity index (χ1) is 4.70. The van der Waals surface area contributed by atoms with E-state index < -0.39 is 0 Å². The fourth-order valence-electron chi connectivity index (χ4n) is 1.66. The Bertz CT molecular complexity index is 147. The van der Waals surface area contributed by atoms with Crippen molar-refractivity contribution in [3.63, 3.8) is 0 Å². The molecule has 10 heavy (non-hydrogen) atoms. The molecular weight excluding hydrogens is 130 g/mol. The van der Waals surface area contributed by atoms with Crippen LogP contribution in [0.3, 0.4) is 0 Å². The molecule has 0 bridgehead atoms. The first-order valence-electron chi connectivity index (χ1n) is 3.71. The molecule has 0 spiro atoms. The summed E-state index contributed by atoms with van der Waals surface area (Å²) in [6, 6.07) is 0.426. The van der Waals surface area contributed by atoms with Gasteiger partial charge in [0.2, 0.25) is 0 Å². The molecule has 1 N–H and O–H groups in total. The first kappa shape index (κ1) is 6.58. The second kappa shape index (κ2) is 1.94. The molecule has 2 heterocycles. The number of rotatable bonds is 0. The minimum Gasteiger partial charge on any atom is -0.379 e. The Kier molecular flexibility index (Phi) is 1.27. The normalized spacial score (nSPS) is 43.8. The van der Waals surface area contributed by atoms with Crippen LogP contribution in [0.4, 0.5) is 0 Å². The van der Waals surface area contributed by atoms with E-state index in [9.17, 15) is 0 Å². The minimum absolute atomic E-state index is 0.0405. The van der Waals surface area contributed by atoms with Crippen LogP contribution >= 0.6 is 0 Å². The number of hydrogen-bond donors (Lipinski definition) is 1. The third-order valence-electron chi connectivity index (χ3n) is 2.45. The van der Waals surface area contributed by atoms with Crippen molar-refractivity contribution >= 4 is 0 Å². The van der Waals surface area contributed by atoms with Crippen molar-refractivity contribution in [1.29, 1.82) is 0 Å². The van der Waals surface area contributed by atoms with E-state index >= 15 is 0 Å². The summed E-state index contributed by atoms with van der Waals surface area (Å²) in [4.78, 5) is 5.38. The Labute approximate surface area is 60.6 Å². The fraction of sp³-hybridized carbons (Fsp3) is 1.00. The third-order valence-corrected chi connectivity index (χ3v) is 2.45. The molecular formula is C7H13NO2. The van der Waals surface area contributed by atoms with Gasteiger partial charge < -0.3 is 4.74 Å². The van der Waals surface area contributed by atoms with Crippen molar-refractivity contribution in [2.45, 2.75) is 25.5 Å². The summed E-state index contributed by atoms with van der Waals surface area (Å²) < 4.78 is 5.30. The molecule has 2 fully saturated rings. The van der Waals surface area contributed by atoms with E-state index in [4.69, 9.17) is 9.57 Å². The van der Waals surface area contributed by atoms with E-state index in [0.29, 0.717) is 12.0 Å². The van der Waals surface area contributed by atoms with E-state index in [1.807, 2.05) is 0 Å². The third kappa shape index (κ3) is 0.779. The summed E-state index contributed by atoms with van der Waals surface area (Å²) >= 11 is 0. The maximum Gasteiger partial charge on any atom is 0.0907 e. The molecule has 0 aromatic heterocycles. The van der Waals surface area contributed by atoms with E-state index in [1.54, 1.807) is 0 Å². The Balaban J connectivity index is 2.16. The lowest BCUT2D eigenvalue weighted by molar-refractivity contribution is -0.0636. The maximum absolute atomic E-state index is 5.38. The molecule has 0 aliphatic carbocycles. The van der Waals surface area contributed by atoms with Gasteiger partial charge in [0.15, 0.2) is 0 Å². The summed E-state index contributed by atoms with van der Waals surface area (Å²) in [5.41, 5.74) is 2.94. The molecule has 2 aliphatic rings. The van der Waals surface area contributed by atoms with Gasteiger partial charge in [0.1, 0.15) is 0 Å². The second-order valence-electron chi connectivity index (χ2n) is 3.57. The van der Waals surface area contributed by atoms with Crippen LogP contribution in [-0.4, -0.2) is 24.9 Å².